The third-order valence-electron chi connectivity index (χ3n) is 4.11. The number of hydrogen-bond acceptors (Lipinski definition) is 2. The van der Waals surface area contributed by atoms with E-state index in [2.05, 4.69) is 30.0 Å². The number of rotatable bonds is 1. The molecule has 0 spiro atoms. The van der Waals surface area contributed by atoms with Gasteiger partial charge in [0.25, 0.3) is 0 Å². The van der Waals surface area contributed by atoms with E-state index in [9.17, 15) is 0 Å². The van der Waals surface area contributed by atoms with Crippen LogP contribution in [0.5, 0.6) is 0 Å². The number of fused-ring (bicyclic) bond motifs is 3. The first-order chi connectivity index (χ1) is 7.79. The van der Waals surface area contributed by atoms with Gasteiger partial charge in [-0.25, -0.2) is 0 Å². The van der Waals surface area contributed by atoms with Gasteiger partial charge in [-0.2, -0.15) is 0 Å². The van der Waals surface area contributed by atoms with E-state index in [4.69, 9.17) is 5.73 Å². The molecule has 2 aliphatic heterocycles. The van der Waals surface area contributed by atoms with Gasteiger partial charge in [0, 0.05) is 24.3 Å². The Balaban J connectivity index is 2.01. The molecule has 1 aromatic rings. The molecule has 1 aromatic carbocycles. The van der Waals surface area contributed by atoms with Gasteiger partial charge in [0.05, 0.1) is 0 Å². The van der Waals surface area contributed by atoms with Gasteiger partial charge >= 0.3 is 0 Å². The van der Waals surface area contributed by atoms with Crippen molar-refractivity contribution in [3.8, 4) is 0 Å². The summed E-state index contributed by atoms with van der Waals surface area (Å²) in [7, 11) is 0. The Labute approximate surface area is 97.4 Å². The smallest absolute Gasteiger partial charge is 0.0415 e. The van der Waals surface area contributed by atoms with E-state index in [1.165, 1.54) is 42.5 Å². The molecular formula is C14H20N2. The van der Waals surface area contributed by atoms with Crippen LogP contribution < -0.4 is 10.6 Å². The molecule has 2 atom stereocenters. The molecule has 2 aliphatic rings. The topological polar surface area (TPSA) is 29.3 Å². The van der Waals surface area contributed by atoms with Crippen LogP contribution in [0.2, 0.25) is 0 Å². The van der Waals surface area contributed by atoms with Gasteiger partial charge in [0.15, 0.2) is 0 Å². The minimum atomic E-state index is 0.571. The molecule has 86 valence electrons. The van der Waals surface area contributed by atoms with Gasteiger partial charge in [-0.3, -0.25) is 0 Å². The van der Waals surface area contributed by atoms with Crippen LogP contribution in [0.3, 0.4) is 0 Å². The SMILES string of the molecule is Cc1ccc2c(c1)N1C(CN)CCCC1C2. The number of nitrogens with zero attached hydrogens (tertiary/aromatic N) is 1. The maximum Gasteiger partial charge on any atom is 0.0415 e. The lowest BCUT2D eigenvalue weighted by atomic mass is 9.96. The highest BCUT2D eigenvalue weighted by Crippen LogP contribution is 2.39. The van der Waals surface area contributed by atoms with Crippen molar-refractivity contribution in [1.29, 1.82) is 0 Å². The van der Waals surface area contributed by atoms with Crippen LogP contribution in [0.15, 0.2) is 18.2 Å². The first-order valence-corrected chi connectivity index (χ1v) is 6.37. The average Bonchev–Trinajstić information content (AvgIpc) is 2.66. The predicted molar refractivity (Wildman–Crippen MR) is 67.8 cm³/mol. The highest BCUT2D eigenvalue weighted by Gasteiger charge is 2.36. The first-order valence-electron chi connectivity index (χ1n) is 6.37. The van der Waals surface area contributed by atoms with Crippen LogP contribution >= 0.6 is 0 Å². The Kier molecular flexibility index (Phi) is 2.40. The number of benzene rings is 1. The summed E-state index contributed by atoms with van der Waals surface area (Å²) >= 11 is 0. The minimum Gasteiger partial charge on any atom is -0.364 e. The molecular weight excluding hydrogens is 196 g/mol. The Hall–Kier alpha value is -1.02. The Morgan fingerprint density at radius 3 is 3.06 bits per heavy atom. The number of aryl methyl sites for hydroxylation is 1. The summed E-state index contributed by atoms with van der Waals surface area (Å²) in [5, 5.41) is 0. The molecule has 2 unspecified atom stereocenters. The Bertz CT molecular complexity index is 394. The van der Waals surface area contributed by atoms with Gasteiger partial charge < -0.3 is 10.6 Å². The van der Waals surface area contributed by atoms with E-state index < -0.39 is 0 Å². The first kappa shape index (κ1) is 10.2. The summed E-state index contributed by atoms with van der Waals surface area (Å²) < 4.78 is 0. The molecule has 0 amide bonds. The van der Waals surface area contributed by atoms with Crippen LogP contribution in [0.1, 0.15) is 30.4 Å². The lowest BCUT2D eigenvalue weighted by Crippen LogP contribution is -2.48. The zero-order valence-corrected chi connectivity index (χ0v) is 9.95. The van der Waals surface area contributed by atoms with Gasteiger partial charge in [0.1, 0.15) is 0 Å². The highest BCUT2D eigenvalue weighted by atomic mass is 15.2. The zero-order chi connectivity index (χ0) is 11.1. The van der Waals surface area contributed by atoms with Crippen LogP contribution in [0.4, 0.5) is 5.69 Å². The van der Waals surface area contributed by atoms with Crippen molar-refractivity contribution in [2.24, 2.45) is 5.73 Å². The van der Waals surface area contributed by atoms with Crippen LogP contribution in [0, 0.1) is 6.92 Å². The monoisotopic (exact) mass is 216 g/mol. The largest absolute Gasteiger partial charge is 0.364 e. The molecule has 2 N–H and O–H groups in total. The number of hydrogen-bond donors (Lipinski definition) is 1. The predicted octanol–water partition coefficient (Wildman–Crippen LogP) is 2.24. The molecule has 2 heteroatoms. The fourth-order valence-electron chi connectivity index (χ4n) is 3.33. The standard InChI is InChI=1S/C14H20N2/c1-10-5-6-11-8-12-3-2-4-13(9-15)16(12)14(11)7-10/h5-7,12-13H,2-4,8-9,15H2,1H3. The van der Waals surface area contributed by atoms with E-state index in [1.807, 2.05) is 0 Å². The molecule has 1 fully saturated rings. The van der Waals surface area contributed by atoms with Gasteiger partial charge in [-0.15, -0.1) is 0 Å². The maximum atomic E-state index is 5.91. The summed E-state index contributed by atoms with van der Waals surface area (Å²) in [5.41, 5.74) is 10.3. The van der Waals surface area contributed by atoms with Crippen LogP contribution in [-0.4, -0.2) is 18.6 Å². The molecule has 3 rings (SSSR count). The summed E-state index contributed by atoms with van der Waals surface area (Å²) in [6, 6.07) is 8.16. The van der Waals surface area contributed by atoms with Crippen LogP contribution in [-0.2, 0) is 6.42 Å². The number of piperidine rings is 1. The van der Waals surface area contributed by atoms with Gasteiger partial charge in [-0.1, -0.05) is 12.1 Å². The number of nitrogens with two attached hydrogens (primary N) is 1. The van der Waals surface area contributed by atoms with Crippen molar-refractivity contribution in [2.45, 2.75) is 44.7 Å². The molecule has 0 radical (unpaired) electrons. The van der Waals surface area contributed by atoms with E-state index in [-0.39, 0.29) is 0 Å². The fraction of sp³-hybridized carbons (Fsp3) is 0.571. The summed E-state index contributed by atoms with van der Waals surface area (Å²) in [4.78, 5) is 2.60. The normalized spacial score (nSPS) is 27.8. The van der Waals surface area contributed by atoms with Crippen molar-refractivity contribution >= 4 is 5.69 Å². The molecule has 0 saturated carbocycles. The van der Waals surface area contributed by atoms with E-state index in [1.54, 1.807) is 0 Å². The van der Waals surface area contributed by atoms with Crippen molar-refractivity contribution < 1.29 is 0 Å². The van der Waals surface area contributed by atoms with E-state index in [0.717, 1.165) is 12.6 Å². The Morgan fingerprint density at radius 2 is 2.25 bits per heavy atom. The quantitative estimate of drug-likeness (QED) is 0.780. The molecule has 2 nitrogen and oxygen atoms in total. The molecule has 1 saturated heterocycles. The zero-order valence-electron chi connectivity index (χ0n) is 9.95. The second kappa shape index (κ2) is 3.77. The highest BCUT2D eigenvalue weighted by molar-refractivity contribution is 5.62. The third-order valence-corrected chi connectivity index (χ3v) is 4.11. The van der Waals surface area contributed by atoms with Gasteiger partial charge in [0.2, 0.25) is 0 Å². The second-order valence-electron chi connectivity index (χ2n) is 5.22. The molecule has 0 aromatic heterocycles. The lowest BCUT2D eigenvalue weighted by molar-refractivity contribution is 0.399. The van der Waals surface area contributed by atoms with Crippen LogP contribution in [0.25, 0.3) is 0 Å². The average molecular weight is 216 g/mol. The molecule has 0 bridgehead atoms. The van der Waals surface area contributed by atoms with Gasteiger partial charge in [-0.05, 0) is 49.8 Å². The lowest BCUT2D eigenvalue weighted by Gasteiger charge is -2.39. The van der Waals surface area contributed by atoms with E-state index >= 15 is 0 Å². The third kappa shape index (κ3) is 1.44. The Morgan fingerprint density at radius 1 is 1.38 bits per heavy atom. The maximum absolute atomic E-state index is 5.91. The fourth-order valence-corrected chi connectivity index (χ4v) is 3.33. The molecule has 2 heterocycles. The van der Waals surface area contributed by atoms with Crippen molar-refractivity contribution in [3.05, 3.63) is 29.3 Å². The van der Waals surface area contributed by atoms with Crippen molar-refractivity contribution in [1.82, 2.24) is 0 Å². The summed E-state index contributed by atoms with van der Waals surface area (Å²) in [5.74, 6) is 0. The summed E-state index contributed by atoms with van der Waals surface area (Å²) in [6.45, 7) is 2.97. The van der Waals surface area contributed by atoms with E-state index in [0.29, 0.717) is 6.04 Å². The second-order valence-corrected chi connectivity index (χ2v) is 5.22. The van der Waals surface area contributed by atoms with Crippen molar-refractivity contribution in [2.75, 3.05) is 11.4 Å². The number of anilines is 1. The molecule has 0 aliphatic carbocycles. The van der Waals surface area contributed by atoms with Crippen molar-refractivity contribution in [3.63, 3.8) is 0 Å². The molecule has 16 heavy (non-hydrogen) atoms. The summed E-state index contributed by atoms with van der Waals surface area (Å²) in [6.07, 6.45) is 5.17. The minimum absolute atomic E-state index is 0.571.